The number of rotatable bonds is 4. The van der Waals surface area contributed by atoms with Crippen LogP contribution in [0.5, 0.6) is 0 Å². The summed E-state index contributed by atoms with van der Waals surface area (Å²) in [5.74, 6) is 0.895. The van der Waals surface area contributed by atoms with Gasteiger partial charge in [0.05, 0.1) is 12.1 Å². The maximum atomic E-state index is 12.4. The lowest BCUT2D eigenvalue weighted by Crippen LogP contribution is -2.30. The van der Waals surface area contributed by atoms with E-state index in [4.69, 9.17) is 27.9 Å². The van der Waals surface area contributed by atoms with E-state index >= 15 is 0 Å². The van der Waals surface area contributed by atoms with Gasteiger partial charge in [-0.2, -0.15) is 0 Å². The maximum Gasteiger partial charge on any atom is 0.338 e. The lowest BCUT2D eigenvalue weighted by molar-refractivity contribution is 0.00683. The van der Waals surface area contributed by atoms with Crippen LogP contribution < -0.4 is 10.6 Å². The molecule has 0 saturated heterocycles. The summed E-state index contributed by atoms with van der Waals surface area (Å²) in [5, 5.41) is 7.31. The first-order chi connectivity index (χ1) is 13.7. The largest absolute Gasteiger partial charge is 0.456 e. The Labute approximate surface area is 180 Å². The maximum absolute atomic E-state index is 12.4. The summed E-state index contributed by atoms with van der Waals surface area (Å²) in [6.07, 6.45) is 0. The third kappa shape index (κ3) is 6.21. The highest BCUT2D eigenvalue weighted by Crippen LogP contribution is 2.22. The molecule has 29 heavy (non-hydrogen) atoms. The fourth-order valence-electron chi connectivity index (χ4n) is 2.66. The van der Waals surface area contributed by atoms with Gasteiger partial charge in [-0.1, -0.05) is 41.4 Å². The molecule has 0 aromatic heterocycles. The van der Waals surface area contributed by atoms with Crippen LogP contribution >= 0.6 is 23.2 Å². The van der Waals surface area contributed by atoms with Gasteiger partial charge in [-0.3, -0.25) is 4.99 Å². The Morgan fingerprint density at radius 2 is 1.90 bits per heavy atom. The van der Waals surface area contributed by atoms with Crippen molar-refractivity contribution in [3.05, 3.63) is 63.6 Å². The van der Waals surface area contributed by atoms with E-state index in [1.165, 1.54) is 0 Å². The molecule has 0 unspecified atom stereocenters. The molecule has 2 N–H and O–H groups in total. The lowest BCUT2D eigenvalue weighted by Gasteiger charge is -2.20. The Balaban J connectivity index is 1.64. The van der Waals surface area contributed by atoms with Crippen molar-refractivity contribution in [2.75, 3.05) is 11.9 Å². The quantitative estimate of drug-likeness (QED) is 0.672. The molecule has 1 aliphatic rings. The van der Waals surface area contributed by atoms with E-state index in [2.05, 4.69) is 20.6 Å². The van der Waals surface area contributed by atoms with Crippen molar-refractivity contribution < 1.29 is 9.53 Å². The van der Waals surface area contributed by atoms with Crippen LogP contribution in [0.3, 0.4) is 0 Å². The van der Waals surface area contributed by atoms with Gasteiger partial charge in [0.2, 0.25) is 5.96 Å². The number of hydrogen-bond donors (Lipinski definition) is 2. The molecule has 0 aliphatic carbocycles. The molecule has 0 bridgehead atoms. The van der Waals surface area contributed by atoms with Gasteiger partial charge < -0.3 is 15.4 Å². The highest BCUT2D eigenvalue weighted by Gasteiger charge is 2.20. The minimum Gasteiger partial charge on any atom is -0.456 e. The van der Waals surface area contributed by atoms with Gasteiger partial charge in [0.25, 0.3) is 0 Å². The molecule has 1 aliphatic heterocycles. The second kappa shape index (κ2) is 8.84. The molecule has 2 aromatic carbocycles. The molecule has 0 amide bonds. The van der Waals surface area contributed by atoms with E-state index in [1.807, 2.05) is 39.0 Å². The highest BCUT2D eigenvalue weighted by molar-refractivity contribution is 6.35. The van der Waals surface area contributed by atoms with Crippen LogP contribution in [0.25, 0.3) is 0 Å². The van der Waals surface area contributed by atoms with Crippen molar-refractivity contribution in [3.63, 3.8) is 0 Å². The number of benzene rings is 2. The third-order valence-electron chi connectivity index (χ3n) is 3.85. The number of nitrogens with one attached hydrogen (secondary N) is 2. The number of amidine groups is 1. The number of nitrogens with zero attached hydrogens (tertiary/aromatic N) is 2. The molecule has 0 spiro atoms. The summed E-state index contributed by atoms with van der Waals surface area (Å²) in [5.41, 5.74) is 1.47. The number of guanidine groups is 1. The molecule has 8 heteroatoms. The summed E-state index contributed by atoms with van der Waals surface area (Å²) < 4.78 is 5.48. The van der Waals surface area contributed by atoms with E-state index in [0.717, 1.165) is 11.3 Å². The molecular formula is C21H22Cl2N4O2. The van der Waals surface area contributed by atoms with E-state index in [0.29, 0.717) is 40.5 Å². The predicted molar refractivity (Wildman–Crippen MR) is 118 cm³/mol. The van der Waals surface area contributed by atoms with Crippen molar-refractivity contribution in [1.82, 2.24) is 5.32 Å². The average molecular weight is 433 g/mol. The molecule has 6 nitrogen and oxygen atoms in total. The van der Waals surface area contributed by atoms with Gasteiger partial charge in [0, 0.05) is 15.7 Å². The zero-order chi connectivity index (χ0) is 21.0. The van der Waals surface area contributed by atoms with Gasteiger partial charge in [0.15, 0.2) is 0 Å². The first-order valence-electron chi connectivity index (χ1n) is 9.09. The zero-order valence-corrected chi connectivity index (χ0v) is 17.9. The Morgan fingerprint density at radius 3 is 2.59 bits per heavy atom. The molecular weight excluding hydrogens is 411 g/mol. The summed E-state index contributed by atoms with van der Waals surface area (Å²) in [6, 6.07) is 12.5. The van der Waals surface area contributed by atoms with Crippen molar-refractivity contribution >= 4 is 46.7 Å². The summed E-state index contributed by atoms with van der Waals surface area (Å²) in [7, 11) is 0. The minimum absolute atomic E-state index is 0.337. The Bertz CT molecular complexity index is 961. The van der Waals surface area contributed by atoms with E-state index in [1.54, 1.807) is 24.3 Å². The second-order valence-electron chi connectivity index (χ2n) is 7.49. The fraction of sp³-hybridized carbons (Fsp3) is 0.286. The summed E-state index contributed by atoms with van der Waals surface area (Å²) in [4.78, 5) is 21.4. The fourth-order valence-corrected chi connectivity index (χ4v) is 3.19. The van der Waals surface area contributed by atoms with Crippen LogP contribution in [0.2, 0.25) is 10.0 Å². The van der Waals surface area contributed by atoms with Crippen LogP contribution in [0.1, 0.15) is 36.7 Å². The van der Waals surface area contributed by atoms with E-state index in [9.17, 15) is 4.79 Å². The molecule has 1 heterocycles. The van der Waals surface area contributed by atoms with Crippen molar-refractivity contribution in [2.24, 2.45) is 9.98 Å². The number of anilines is 1. The van der Waals surface area contributed by atoms with E-state index < -0.39 is 5.60 Å². The Morgan fingerprint density at radius 1 is 1.21 bits per heavy atom. The first-order valence-corrected chi connectivity index (χ1v) is 9.84. The lowest BCUT2D eigenvalue weighted by atomic mass is 10.1. The number of aliphatic imine (C=N–C) groups is 2. The number of esters is 1. The molecule has 0 saturated carbocycles. The number of halogens is 2. The highest BCUT2D eigenvalue weighted by atomic mass is 35.5. The van der Waals surface area contributed by atoms with Crippen LogP contribution in [0.4, 0.5) is 5.69 Å². The van der Waals surface area contributed by atoms with Gasteiger partial charge in [0.1, 0.15) is 18.0 Å². The van der Waals surface area contributed by atoms with Crippen molar-refractivity contribution in [2.45, 2.75) is 32.9 Å². The number of carbonyl (C=O) groups excluding carboxylic acids is 1. The van der Waals surface area contributed by atoms with Gasteiger partial charge >= 0.3 is 5.97 Å². The molecule has 152 valence electrons. The molecule has 0 atom stereocenters. The standard InChI is InChI=1S/C21H22Cl2N4O2/c1-21(2,3)29-19(28)17-7-5-4-6-13(17)11-24-18-12-25-20(27-18)26-16-9-14(22)8-15(23)10-16/h4-10H,11-12H2,1-3H3,(H2,24,25,26,27). The topological polar surface area (TPSA) is 75.1 Å². The minimum atomic E-state index is -0.555. The molecule has 0 fully saturated rings. The van der Waals surface area contributed by atoms with Gasteiger partial charge in [-0.05, 0) is 50.6 Å². The van der Waals surface area contributed by atoms with Crippen LogP contribution in [-0.2, 0) is 11.3 Å². The van der Waals surface area contributed by atoms with Crippen LogP contribution in [-0.4, -0.2) is 29.9 Å². The smallest absolute Gasteiger partial charge is 0.338 e. The zero-order valence-electron chi connectivity index (χ0n) is 16.4. The van der Waals surface area contributed by atoms with Gasteiger partial charge in [-0.15, -0.1) is 0 Å². The van der Waals surface area contributed by atoms with Gasteiger partial charge in [-0.25, -0.2) is 9.79 Å². The number of hydrogen-bond acceptors (Lipinski definition) is 5. The predicted octanol–water partition coefficient (Wildman–Crippen LogP) is 4.92. The molecule has 3 rings (SSSR count). The third-order valence-corrected chi connectivity index (χ3v) is 4.29. The Hall–Kier alpha value is -2.57. The van der Waals surface area contributed by atoms with Crippen molar-refractivity contribution in [3.8, 4) is 0 Å². The van der Waals surface area contributed by atoms with Crippen LogP contribution in [0, 0.1) is 0 Å². The first kappa shape index (κ1) is 21.1. The summed E-state index contributed by atoms with van der Waals surface area (Å²) in [6.45, 7) is 6.27. The second-order valence-corrected chi connectivity index (χ2v) is 8.37. The Kier molecular flexibility index (Phi) is 6.45. The van der Waals surface area contributed by atoms with Crippen molar-refractivity contribution in [1.29, 1.82) is 0 Å². The monoisotopic (exact) mass is 432 g/mol. The SMILES string of the molecule is CC(C)(C)OC(=O)c1ccccc1CN=C1CN=C(Nc2cc(Cl)cc(Cl)c2)N1. The molecule has 2 aromatic rings. The summed E-state index contributed by atoms with van der Waals surface area (Å²) >= 11 is 12.0. The average Bonchev–Trinajstić information content (AvgIpc) is 3.05. The number of carbonyl (C=O) groups is 1. The normalized spacial score (nSPS) is 15.1. The molecule has 0 radical (unpaired) electrons. The van der Waals surface area contributed by atoms with E-state index in [-0.39, 0.29) is 5.97 Å². The van der Waals surface area contributed by atoms with Crippen LogP contribution in [0.15, 0.2) is 52.4 Å². The number of ether oxygens (including phenoxy) is 1.